The minimum Gasteiger partial charge on any atom is -0.481 e. The lowest BCUT2D eigenvalue weighted by Crippen LogP contribution is -2.36. The molecule has 4 aromatic rings. The maximum Gasteiger partial charge on any atom is 0.306 e. The van der Waals surface area contributed by atoms with E-state index in [1.54, 1.807) is 6.20 Å². The number of aliphatic carboxylic acids is 2. The summed E-state index contributed by atoms with van der Waals surface area (Å²) in [7, 11) is 0. The smallest absolute Gasteiger partial charge is 0.306 e. The van der Waals surface area contributed by atoms with Crippen LogP contribution < -0.4 is 5.32 Å². The van der Waals surface area contributed by atoms with E-state index < -0.39 is 23.8 Å². The number of aromatic nitrogens is 1. The van der Waals surface area contributed by atoms with Crippen molar-refractivity contribution in [1.82, 2.24) is 10.3 Å². The molecule has 0 bridgehead atoms. The highest BCUT2D eigenvalue weighted by atomic mass is 32.1. The SMILES string of the molecule is O=C(O)CCNC(=O)[C@H](Cc1ccc(-c2ccccc2)cc1)C[C@@H](Cc1ccc(-c2nccs2)cc1)C(=O)O. The van der Waals surface area contributed by atoms with Crippen LogP contribution in [0.4, 0.5) is 0 Å². The molecule has 0 aliphatic rings. The van der Waals surface area contributed by atoms with Crippen molar-refractivity contribution in [1.29, 1.82) is 0 Å². The van der Waals surface area contributed by atoms with Crippen molar-refractivity contribution in [3.8, 4) is 21.7 Å². The van der Waals surface area contributed by atoms with Gasteiger partial charge in [-0.25, -0.2) is 4.98 Å². The summed E-state index contributed by atoms with van der Waals surface area (Å²) in [6.45, 7) is -0.00638. The average Bonchev–Trinajstić information content (AvgIpc) is 3.48. The first-order chi connectivity index (χ1) is 18.9. The van der Waals surface area contributed by atoms with Crippen LogP contribution in [0.25, 0.3) is 21.7 Å². The standard InChI is InChI=1S/C31H30N2O5S/c34-28(35)14-15-32-29(36)26(18-21-6-10-24(11-7-21)23-4-2-1-3-5-23)20-27(31(37)38)19-22-8-12-25(13-9-22)30-33-16-17-39-30/h1-13,16-17,26-27H,14-15,18-20H2,(H,32,36)(H,34,35)(H,37,38)/t26-,27-/m1/s1. The zero-order chi connectivity index (χ0) is 27.6. The number of carboxylic acid groups (broad SMARTS) is 2. The topological polar surface area (TPSA) is 117 Å². The van der Waals surface area contributed by atoms with Crippen molar-refractivity contribution >= 4 is 29.2 Å². The molecule has 200 valence electrons. The van der Waals surface area contributed by atoms with Crippen molar-refractivity contribution in [2.45, 2.75) is 25.7 Å². The Hall–Kier alpha value is -4.30. The maximum atomic E-state index is 13.1. The van der Waals surface area contributed by atoms with Gasteiger partial charge < -0.3 is 15.5 Å². The van der Waals surface area contributed by atoms with Crippen molar-refractivity contribution in [3.63, 3.8) is 0 Å². The third-order valence-corrected chi connectivity index (χ3v) is 7.41. The van der Waals surface area contributed by atoms with E-state index in [1.165, 1.54) is 11.3 Å². The van der Waals surface area contributed by atoms with Crippen molar-refractivity contribution in [2.75, 3.05) is 6.54 Å². The molecule has 3 aromatic carbocycles. The molecule has 0 aliphatic heterocycles. The number of rotatable bonds is 13. The second-order valence-corrected chi connectivity index (χ2v) is 10.3. The molecule has 0 radical (unpaired) electrons. The molecular formula is C31H30N2O5S. The lowest BCUT2D eigenvalue weighted by molar-refractivity contribution is -0.142. The molecule has 0 saturated carbocycles. The van der Waals surface area contributed by atoms with Gasteiger partial charge >= 0.3 is 11.9 Å². The Morgan fingerprint density at radius 3 is 1.92 bits per heavy atom. The molecule has 1 aromatic heterocycles. The van der Waals surface area contributed by atoms with Crippen LogP contribution in [0.1, 0.15) is 24.0 Å². The summed E-state index contributed by atoms with van der Waals surface area (Å²) in [5, 5.41) is 24.5. The summed E-state index contributed by atoms with van der Waals surface area (Å²) in [6.07, 6.45) is 2.30. The zero-order valence-electron chi connectivity index (χ0n) is 21.3. The zero-order valence-corrected chi connectivity index (χ0v) is 22.1. The number of amides is 1. The predicted molar refractivity (Wildman–Crippen MR) is 151 cm³/mol. The van der Waals surface area contributed by atoms with Crippen LogP contribution in [0.5, 0.6) is 0 Å². The predicted octanol–water partition coefficient (Wildman–Crippen LogP) is 5.56. The molecule has 0 spiro atoms. The first-order valence-electron chi connectivity index (χ1n) is 12.7. The number of carbonyl (C=O) groups excluding carboxylic acids is 1. The average molecular weight is 543 g/mol. The van der Waals surface area contributed by atoms with Gasteiger partial charge in [0.25, 0.3) is 0 Å². The number of thiazole rings is 1. The summed E-state index contributed by atoms with van der Waals surface area (Å²) < 4.78 is 0. The summed E-state index contributed by atoms with van der Waals surface area (Å²) >= 11 is 1.53. The van der Waals surface area contributed by atoms with Gasteiger partial charge in [0.1, 0.15) is 5.01 Å². The molecule has 0 fully saturated rings. The quantitative estimate of drug-likeness (QED) is 0.204. The lowest BCUT2D eigenvalue weighted by Gasteiger charge is -2.21. The Bertz CT molecular complexity index is 1370. The number of hydrogen-bond donors (Lipinski definition) is 3. The van der Waals surface area contributed by atoms with E-state index in [1.807, 2.05) is 84.2 Å². The van der Waals surface area contributed by atoms with Gasteiger partial charge in [-0.05, 0) is 41.5 Å². The van der Waals surface area contributed by atoms with E-state index in [-0.39, 0.29) is 31.7 Å². The monoisotopic (exact) mass is 542 g/mol. The minimum atomic E-state index is -1.01. The largest absolute Gasteiger partial charge is 0.481 e. The van der Waals surface area contributed by atoms with Crippen molar-refractivity contribution in [3.05, 3.63) is 102 Å². The Balaban J connectivity index is 1.48. The van der Waals surface area contributed by atoms with Crippen LogP contribution in [-0.4, -0.2) is 39.6 Å². The molecule has 1 amide bonds. The number of nitrogens with one attached hydrogen (secondary N) is 1. The van der Waals surface area contributed by atoms with Crippen LogP contribution in [0.15, 0.2) is 90.4 Å². The highest BCUT2D eigenvalue weighted by Crippen LogP contribution is 2.26. The van der Waals surface area contributed by atoms with Crippen molar-refractivity contribution < 1.29 is 24.6 Å². The minimum absolute atomic E-state index is 0.00638. The van der Waals surface area contributed by atoms with E-state index in [4.69, 9.17) is 5.11 Å². The van der Waals surface area contributed by atoms with E-state index in [2.05, 4.69) is 10.3 Å². The van der Waals surface area contributed by atoms with Gasteiger partial charge in [-0.15, -0.1) is 11.3 Å². The normalized spacial score (nSPS) is 12.4. The third kappa shape index (κ3) is 8.09. The van der Waals surface area contributed by atoms with Crippen LogP contribution in [0, 0.1) is 11.8 Å². The first-order valence-corrected chi connectivity index (χ1v) is 13.6. The fourth-order valence-electron chi connectivity index (χ4n) is 4.52. The van der Waals surface area contributed by atoms with Crippen LogP contribution >= 0.6 is 11.3 Å². The Morgan fingerprint density at radius 1 is 0.769 bits per heavy atom. The van der Waals surface area contributed by atoms with Crippen LogP contribution in [0.3, 0.4) is 0 Å². The molecule has 1 heterocycles. The van der Waals surface area contributed by atoms with Gasteiger partial charge in [0, 0.05) is 29.6 Å². The Labute approximate surface area is 231 Å². The van der Waals surface area contributed by atoms with Gasteiger partial charge in [-0.3, -0.25) is 14.4 Å². The molecule has 0 unspecified atom stereocenters. The van der Waals surface area contributed by atoms with Crippen LogP contribution in [-0.2, 0) is 27.2 Å². The molecule has 3 N–H and O–H groups in total. The first kappa shape index (κ1) is 27.7. The molecule has 0 aliphatic carbocycles. The highest BCUT2D eigenvalue weighted by molar-refractivity contribution is 7.13. The molecule has 39 heavy (non-hydrogen) atoms. The fourth-order valence-corrected chi connectivity index (χ4v) is 5.16. The number of carbonyl (C=O) groups is 3. The van der Waals surface area contributed by atoms with E-state index in [0.29, 0.717) is 6.42 Å². The van der Waals surface area contributed by atoms with E-state index >= 15 is 0 Å². The highest BCUT2D eigenvalue weighted by Gasteiger charge is 2.28. The molecule has 8 heteroatoms. The molecule has 0 saturated heterocycles. The summed E-state index contributed by atoms with van der Waals surface area (Å²) in [5.41, 5.74) is 4.87. The van der Waals surface area contributed by atoms with Gasteiger partial charge in [0.15, 0.2) is 0 Å². The Morgan fingerprint density at radius 2 is 1.36 bits per heavy atom. The number of benzene rings is 3. The van der Waals surface area contributed by atoms with E-state index in [9.17, 15) is 19.5 Å². The molecule has 2 atom stereocenters. The second-order valence-electron chi connectivity index (χ2n) is 9.41. The fraction of sp³-hybridized carbons (Fsp3) is 0.226. The Kier molecular flexibility index (Phi) is 9.58. The van der Waals surface area contributed by atoms with E-state index in [0.717, 1.165) is 32.8 Å². The molecule has 7 nitrogen and oxygen atoms in total. The summed E-state index contributed by atoms with van der Waals surface area (Å²) in [5.74, 6) is -3.73. The summed E-state index contributed by atoms with van der Waals surface area (Å²) in [4.78, 5) is 40.6. The van der Waals surface area contributed by atoms with Gasteiger partial charge in [-0.2, -0.15) is 0 Å². The molecule has 4 rings (SSSR count). The van der Waals surface area contributed by atoms with Gasteiger partial charge in [-0.1, -0.05) is 78.9 Å². The van der Waals surface area contributed by atoms with Crippen molar-refractivity contribution in [2.24, 2.45) is 11.8 Å². The third-order valence-electron chi connectivity index (χ3n) is 6.59. The summed E-state index contributed by atoms with van der Waals surface area (Å²) in [6, 6.07) is 25.5. The maximum absolute atomic E-state index is 13.1. The van der Waals surface area contributed by atoms with Gasteiger partial charge in [0.2, 0.25) is 5.91 Å². The lowest BCUT2D eigenvalue weighted by atomic mass is 9.85. The number of nitrogens with zero attached hydrogens (tertiary/aromatic N) is 1. The number of carboxylic acids is 2. The number of hydrogen-bond acceptors (Lipinski definition) is 5. The van der Waals surface area contributed by atoms with Gasteiger partial charge in [0.05, 0.1) is 12.3 Å². The van der Waals surface area contributed by atoms with Crippen LogP contribution in [0.2, 0.25) is 0 Å². The molecular weight excluding hydrogens is 512 g/mol. The second kappa shape index (κ2) is 13.5.